The third kappa shape index (κ3) is 2.31. The van der Waals surface area contributed by atoms with E-state index < -0.39 is 0 Å². The van der Waals surface area contributed by atoms with Crippen LogP contribution in [0.4, 0.5) is 0 Å². The number of hydrogen-bond donors (Lipinski definition) is 1. The Morgan fingerprint density at radius 2 is 1.90 bits per heavy atom. The van der Waals surface area contributed by atoms with Crippen LogP contribution < -0.4 is 5.73 Å². The minimum absolute atomic E-state index is 0.467. The molecule has 2 aromatic heterocycles. The van der Waals surface area contributed by atoms with E-state index in [4.69, 9.17) is 5.73 Å². The van der Waals surface area contributed by atoms with Gasteiger partial charge in [0.1, 0.15) is 5.82 Å². The average Bonchev–Trinajstić information content (AvgIpc) is 3.39. The van der Waals surface area contributed by atoms with Gasteiger partial charge in [-0.3, -0.25) is 0 Å². The molecule has 104 valence electrons. The largest absolute Gasteiger partial charge is 0.326 e. The maximum atomic E-state index is 5.55. The van der Waals surface area contributed by atoms with Gasteiger partial charge in [-0.25, -0.2) is 9.97 Å². The molecule has 0 unspecified atom stereocenters. The average molecular weight is 288 g/mol. The van der Waals surface area contributed by atoms with Crippen LogP contribution >= 0.6 is 11.8 Å². The van der Waals surface area contributed by atoms with Crippen LogP contribution in [-0.2, 0) is 6.54 Å². The highest BCUT2D eigenvalue weighted by molar-refractivity contribution is 7.99. The van der Waals surface area contributed by atoms with E-state index in [2.05, 4.69) is 24.7 Å². The van der Waals surface area contributed by atoms with Crippen molar-refractivity contribution >= 4 is 11.8 Å². The maximum absolute atomic E-state index is 5.55. The van der Waals surface area contributed by atoms with E-state index in [0.717, 1.165) is 16.5 Å². The van der Waals surface area contributed by atoms with Crippen LogP contribution in [0.1, 0.15) is 49.0 Å². The second kappa shape index (κ2) is 4.82. The molecule has 2 fully saturated rings. The van der Waals surface area contributed by atoms with Crippen LogP contribution in [0.15, 0.2) is 22.7 Å². The summed E-state index contributed by atoms with van der Waals surface area (Å²) in [5.41, 5.74) is 6.50. The Morgan fingerprint density at radius 3 is 2.50 bits per heavy atom. The lowest BCUT2D eigenvalue weighted by Gasteiger charge is -2.07. The first kappa shape index (κ1) is 12.3. The molecule has 2 saturated carbocycles. The molecular formula is C13H16N6S. The summed E-state index contributed by atoms with van der Waals surface area (Å²) in [6.45, 7) is 0.467. The van der Waals surface area contributed by atoms with Crippen LogP contribution in [0, 0.1) is 0 Å². The first-order chi connectivity index (χ1) is 9.85. The summed E-state index contributed by atoms with van der Waals surface area (Å²) in [4.78, 5) is 8.65. The van der Waals surface area contributed by atoms with Crippen molar-refractivity contribution in [2.24, 2.45) is 5.73 Å². The van der Waals surface area contributed by atoms with Crippen molar-refractivity contribution in [3.05, 3.63) is 23.8 Å². The van der Waals surface area contributed by atoms with Crippen LogP contribution in [0.5, 0.6) is 0 Å². The number of aromatic nitrogens is 5. The molecule has 2 heterocycles. The molecule has 2 aliphatic rings. The van der Waals surface area contributed by atoms with Crippen molar-refractivity contribution in [2.75, 3.05) is 0 Å². The van der Waals surface area contributed by atoms with Crippen molar-refractivity contribution < 1.29 is 0 Å². The summed E-state index contributed by atoms with van der Waals surface area (Å²) in [7, 11) is 0. The van der Waals surface area contributed by atoms with Gasteiger partial charge in [0.15, 0.2) is 10.3 Å². The fourth-order valence-corrected chi connectivity index (χ4v) is 3.03. The minimum Gasteiger partial charge on any atom is -0.326 e. The Bertz CT molecular complexity index is 614. The quantitative estimate of drug-likeness (QED) is 0.846. The predicted octanol–water partition coefficient (Wildman–Crippen LogP) is 1.89. The Labute approximate surface area is 121 Å². The number of nitrogens with zero attached hydrogens (tertiary/aromatic N) is 5. The first-order valence-corrected chi connectivity index (χ1v) is 7.80. The van der Waals surface area contributed by atoms with E-state index in [0.29, 0.717) is 23.7 Å². The lowest BCUT2D eigenvalue weighted by molar-refractivity contribution is 0.626. The zero-order chi connectivity index (χ0) is 13.5. The smallest absolute Gasteiger partial charge is 0.199 e. The van der Waals surface area contributed by atoms with E-state index in [-0.39, 0.29) is 0 Å². The molecular weight excluding hydrogens is 272 g/mol. The molecule has 0 amide bonds. The van der Waals surface area contributed by atoms with Crippen molar-refractivity contribution in [3.63, 3.8) is 0 Å². The van der Waals surface area contributed by atoms with Gasteiger partial charge in [-0.15, -0.1) is 10.2 Å². The minimum atomic E-state index is 0.467. The van der Waals surface area contributed by atoms with Gasteiger partial charge in [-0.1, -0.05) is 0 Å². The molecule has 4 rings (SSSR count). The van der Waals surface area contributed by atoms with Gasteiger partial charge in [0, 0.05) is 36.5 Å². The fraction of sp³-hybridized carbons (Fsp3) is 0.538. The van der Waals surface area contributed by atoms with Crippen molar-refractivity contribution in [1.29, 1.82) is 0 Å². The van der Waals surface area contributed by atoms with Crippen LogP contribution in [0.25, 0.3) is 0 Å². The van der Waals surface area contributed by atoms with Gasteiger partial charge in [0.2, 0.25) is 0 Å². The lowest BCUT2D eigenvalue weighted by atomic mass is 10.4. The SMILES string of the molecule is NCc1cnc(Sc2nnc(C3CC3)n2C2CC2)nc1. The van der Waals surface area contributed by atoms with Gasteiger partial charge in [0.05, 0.1) is 0 Å². The van der Waals surface area contributed by atoms with E-state index in [1.807, 2.05) is 0 Å². The third-order valence-corrected chi connectivity index (χ3v) is 4.50. The fourth-order valence-electron chi connectivity index (χ4n) is 2.24. The molecule has 0 aliphatic heterocycles. The molecule has 6 nitrogen and oxygen atoms in total. The van der Waals surface area contributed by atoms with Crippen LogP contribution in [0.2, 0.25) is 0 Å². The van der Waals surface area contributed by atoms with Gasteiger partial charge in [-0.05, 0) is 37.4 Å². The maximum Gasteiger partial charge on any atom is 0.199 e. The summed E-state index contributed by atoms with van der Waals surface area (Å²) in [6, 6.07) is 0.589. The standard InChI is InChI=1S/C13H16N6S/c14-5-8-6-15-12(16-7-8)20-13-18-17-11(9-1-2-9)19(13)10-3-4-10/h6-7,9-10H,1-5,14H2. The highest BCUT2D eigenvalue weighted by atomic mass is 32.2. The van der Waals surface area contributed by atoms with E-state index in [9.17, 15) is 0 Å². The number of hydrogen-bond acceptors (Lipinski definition) is 6. The second-order valence-corrected chi connectivity index (χ2v) is 6.33. The molecule has 2 aliphatic carbocycles. The number of rotatable bonds is 5. The zero-order valence-corrected chi connectivity index (χ0v) is 11.9. The highest BCUT2D eigenvalue weighted by Gasteiger charge is 2.36. The van der Waals surface area contributed by atoms with Gasteiger partial charge in [0.25, 0.3) is 0 Å². The first-order valence-electron chi connectivity index (χ1n) is 6.99. The molecule has 7 heteroatoms. The predicted molar refractivity (Wildman–Crippen MR) is 74.3 cm³/mol. The molecule has 2 aromatic rings. The second-order valence-electron chi connectivity index (χ2n) is 5.40. The molecule has 0 saturated heterocycles. The van der Waals surface area contributed by atoms with Crippen molar-refractivity contribution in [1.82, 2.24) is 24.7 Å². The van der Waals surface area contributed by atoms with Gasteiger partial charge < -0.3 is 10.3 Å². The molecule has 0 radical (unpaired) electrons. The Hall–Kier alpha value is -1.47. The molecule has 0 bridgehead atoms. The Kier molecular flexibility index (Phi) is 2.96. The van der Waals surface area contributed by atoms with E-state index in [1.54, 1.807) is 12.4 Å². The Morgan fingerprint density at radius 1 is 1.15 bits per heavy atom. The zero-order valence-electron chi connectivity index (χ0n) is 11.1. The summed E-state index contributed by atoms with van der Waals surface area (Å²) < 4.78 is 2.31. The highest BCUT2D eigenvalue weighted by Crippen LogP contribution is 2.46. The van der Waals surface area contributed by atoms with Crippen LogP contribution in [0.3, 0.4) is 0 Å². The third-order valence-electron chi connectivity index (χ3n) is 3.65. The van der Waals surface area contributed by atoms with E-state index in [1.165, 1.54) is 37.4 Å². The molecule has 0 atom stereocenters. The summed E-state index contributed by atoms with van der Waals surface area (Å²) in [5.74, 6) is 1.78. The molecule has 0 aromatic carbocycles. The van der Waals surface area contributed by atoms with E-state index >= 15 is 0 Å². The lowest BCUT2D eigenvalue weighted by Crippen LogP contribution is -2.02. The van der Waals surface area contributed by atoms with Crippen molar-refractivity contribution in [3.8, 4) is 0 Å². The molecule has 2 N–H and O–H groups in total. The van der Waals surface area contributed by atoms with Crippen LogP contribution in [-0.4, -0.2) is 24.7 Å². The molecule has 20 heavy (non-hydrogen) atoms. The number of nitrogens with two attached hydrogens (primary N) is 1. The molecule has 0 spiro atoms. The summed E-state index contributed by atoms with van der Waals surface area (Å²) >= 11 is 1.49. The topological polar surface area (TPSA) is 82.5 Å². The monoisotopic (exact) mass is 288 g/mol. The van der Waals surface area contributed by atoms with Gasteiger partial charge >= 0.3 is 0 Å². The summed E-state index contributed by atoms with van der Waals surface area (Å²) in [5, 5.41) is 10.4. The Balaban J connectivity index is 1.61. The van der Waals surface area contributed by atoms with Crippen molar-refractivity contribution in [2.45, 2.75) is 54.5 Å². The van der Waals surface area contributed by atoms with Gasteiger partial charge in [-0.2, -0.15) is 0 Å². The normalized spacial score (nSPS) is 18.4. The summed E-state index contributed by atoms with van der Waals surface area (Å²) in [6.07, 6.45) is 8.51.